The third kappa shape index (κ3) is 5.59. The van der Waals surface area contributed by atoms with Crippen molar-refractivity contribution in [3.8, 4) is 23.3 Å². The van der Waals surface area contributed by atoms with Crippen LogP contribution in [0.25, 0.3) is 0 Å². The number of methoxy groups -OCH3 is 3. The lowest BCUT2D eigenvalue weighted by atomic mass is 9.69. The molecule has 0 radical (unpaired) electrons. The van der Waals surface area contributed by atoms with E-state index in [0.29, 0.717) is 51.8 Å². The monoisotopic (exact) mass is 500 g/mol. The first kappa shape index (κ1) is 26.5. The lowest BCUT2D eigenvalue weighted by molar-refractivity contribution is -0.144. The molecule has 1 N–H and O–H groups in total. The average Bonchev–Trinajstić information content (AvgIpc) is 2.79. The number of ether oxygens (including phenoxy) is 4. The fourth-order valence-electron chi connectivity index (χ4n) is 4.52. The molecule has 188 valence electrons. The van der Waals surface area contributed by atoms with E-state index in [1.165, 1.54) is 33.1 Å². The summed E-state index contributed by atoms with van der Waals surface area (Å²) in [6.45, 7) is 7.66. The average molecular weight is 501 g/mol. The van der Waals surface area contributed by atoms with Crippen molar-refractivity contribution in [1.82, 2.24) is 5.32 Å². The highest BCUT2D eigenvalue weighted by Gasteiger charge is 2.42. The van der Waals surface area contributed by atoms with Crippen LogP contribution in [0, 0.1) is 16.7 Å². The van der Waals surface area contributed by atoms with Gasteiger partial charge in [-0.05, 0) is 43.4 Å². The van der Waals surface area contributed by atoms with Crippen molar-refractivity contribution in [3.63, 3.8) is 0 Å². The minimum atomic E-state index is -0.642. The van der Waals surface area contributed by atoms with Crippen molar-refractivity contribution in [2.45, 2.75) is 52.6 Å². The fraction of sp³-hybridized carbons (Fsp3) is 0.500. The molecule has 0 saturated carbocycles. The molecule has 3 rings (SSSR count). The van der Waals surface area contributed by atoms with E-state index in [4.69, 9.17) is 18.9 Å². The molecule has 1 aromatic rings. The molecule has 0 spiro atoms. The fourth-order valence-corrected chi connectivity index (χ4v) is 5.36. The molecule has 1 unspecified atom stereocenters. The molecule has 1 aliphatic heterocycles. The van der Waals surface area contributed by atoms with Crippen molar-refractivity contribution in [3.05, 3.63) is 39.6 Å². The highest BCUT2D eigenvalue weighted by atomic mass is 32.2. The Morgan fingerprint density at radius 1 is 1.17 bits per heavy atom. The van der Waals surface area contributed by atoms with Crippen LogP contribution < -0.4 is 19.5 Å². The lowest BCUT2D eigenvalue weighted by Gasteiger charge is -2.39. The molecule has 35 heavy (non-hydrogen) atoms. The second kappa shape index (κ2) is 10.6. The van der Waals surface area contributed by atoms with E-state index in [9.17, 15) is 14.9 Å². The third-order valence-electron chi connectivity index (χ3n) is 5.85. The highest BCUT2D eigenvalue weighted by Crippen LogP contribution is 2.50. The molecule has 0 bridgehead atoms. The molecule has 0 amide bonds. The number of dihydropyridines is 1. The number of hydrogen-bond acceptors (Lipinski definition) is 9. The van der Waals surface area contributed by atoms with Crippen LogP contribution in [0.4, 0.5) is 0 Å². The van der Waals surface area contributed by atoms with Crippen molar-refractivity contribution in [1.29, 1.82) is 5.26 Å². The number of hydrogen-bond donors (Lipinski definition) is 1. The van der Waals surface area contributed by atoms with Crippen molar-refractivity contribution in [2.75, 3.05) is 27.1 Å². The van der Waals surface area contributed by atoms with E-state index >= 15 is 0 Å². The minimum absolute atomic E-state index is 0.0153. The van der Waals surface area contributed by atoms with Crippen molar-refractivity contribution >= 4 is 23.5 Å². The Morgan fingerprint density at radius 3 is 2.31 bits per heavy atom. The zero-order valence-corrected chi connectivity index (χ0v) is 22.1. The summed E-state index contributed by atoms with van der Waals surface area (Å²) in [5.74, 6) is 0.285. The predicted octanol–water partition coefficient (Wildman–Crippen LogP) is 4.46. The second-order valence-electron chi connectivity index (χ2n) is 9.53. The van der Waals surface area contributed by atoms with Gasteiger partial charge in [-0.2, -0.15) is 5.26 Å². The summed E-state index contributed by atoms with van der Waals surface area (Å²) in [5, 5.41) is 14.1. The Bertz CT molecular complexity index is 1100. The second-order valence-corrected chi connectivity index (χ2v) is 10.5. The van der Waals surface area contributed by atoms with Gasteiger partial charge in [-0.25, -0.2) is 0 Å². The summed E-state index contributed by atoms with van der Waals surface area (Å²) in [5.41, 5.74) is 2.11. The van der Waals surface area contributed by atoms with Crippen LogP contribution in [0.15, 0.2) is 34.0 Å². The Balaban J connectivity index is 2.17. The van der Waals surface area contributed by atoms with E-state index in [-0.39, 0.29) is 29.0 Å². The SMILES string of the molecule is COc1cc(C2C(C#N)=C(SCC(=O)OC(C)C)NC3=C2C(=O)CC(C)(C)C3)cc(OC)c1OC. The molecular formula is C26H32N2O6S. The Kier molecular flexibility index (Phi) is 8.06. The molecule has 2 aliphatic rings. The first-order chi connectivity index (χ1) is 16.5. The standard InChI is InChI=1S/C26H32N2O6S/c1-14(2)34-21(30)13-35-25-16(12-27)22(23-17(28-25)10-26(3,4)11-18(23)29)15-8-19(31-5)24(33-7)20(9-15)32-6/h8-9,14,22,28H,10-11,13H2,1-7H3. The summed E-state index contributed by atoms with van der Waals surface area (Å²) in [7, 11) is 4.56. The summed E-state index contributed by atoms with van der Waals surface area (Å²) in [6.07, 6.45) is 0.773. The molecule has 0 saturated heterocycles. The van der Waals surface area contributed by atoms with Crippen LogP contribution in [0.5, 0.6) is 17.2 Å². The third-order valence-corrected chi connectivity index (χ3v) is 6.84. The Hall–Kier alpha value is -3.12. The summed E-state index contributed by atoms with van der Waals surface area (Å²) in [6, 6.07) is 5.82. The number of benzene rings is 1. The van der Waals surface area contributed by atoms with E-state index < -0.39 is 5.92 Å². The number of nitriles is 1. The molecule has 9 heteroatoms. The maximum Gasteiger partial charge on any atom is 0.316 e. The molecule has 1 aromatic carbocycles. The van der Waals surface area contributed by atoms with Crippen molar-refractivity contribution in [2.24, 2.45) is 5.41 Å². The van der Waals surface area contributed by atoms with Gasteiger partial charge in [0, 0.05) is 17.7 Å². The van der Waals surface area contributed by atoms with E-state index in [1.807, 2.05) is 13.8 Å². The van der Waals surface area contributed by atoms with Crippen LogP contribution in [-0.4, -0.2) is 44.9 Å². The van der Waals surface area contributed by atoms with E-state index in [0.717, 1.165) is 5.70 Å². The molecule has 0 aromatic heterocycles. The largest absolute Gasteiger partial charge is 0.493 e. The van der Waals surface area contributed by atoms with Crippen LogP contribution >= 0.6 is 11.8 Å². The molecule has 1 atom stereocenters. The first-order valence-electron chi connectivity index (χ1n) is 11.3. The zero-order valence-electron chi connectivity index (χ0n) is 21.2. The van der Waals surface area contributed by atoms with Gasteiger partial charge in [-0.15, -0.1) is 0 Å². The number of esters is 1. The maximum atomic E-state index is 13.4. The van der Waals surface area contributed by atoms with Gasteiger partial charge in [-0.3, -0.25) is 9.59 Å². The lowest BCUT2D eigenvalue weighted by Crippen LogP contribution is -2.37. The molecule has 0 fully saturated rings. The summed E-state index contributed by atoms with van der Waals surface area (Å²) in [4.78, 5) is 25.6. The number of carbonyl (C=O) groups is 2. The highest BCUT2D eigenvalue weighted by molar-refractivity contribution is 8.03. The van der Waals surface area contributed by atoms with Gasteiger partial charge < -0.3 is 24.3 Å². The first-order valence-corrected chi connectivity index (χ1v) is 12.3. The summed E-state index contributed by atoms with van der Waals surface area (Å²) >= 11 is 1.20. The van der Waals surface area contributed by atoms with E-state index in [2.05, 4.69) is 11.4 Å². The normalized spacial score (nSPS) is 19.1. The number of thioether (sulfide) groups is 1. The van der Waals surface area contributed by atoms with Gasteiger partial charge in [0.25, 0.3) is 0 Å². The van der Waals surface area contributed by atoms with Crippen LogP contribution in [0.1, 0.15) is 52.0 Å². The minimum Gasteiger partial charge on any atom is -0.493 e. The van der Waals surface area contributed by atoms with Gasteiger partial charge in [0.05, 0.1) is 55.8 Å². The molecule has 8 nitrogen and oxygen atoms in total. The number of rotatable bonds is 8. The smallest absolute Gasteiger partial charge is 0.316 e. The van der Waals surface area contributed by atoms with Gasteiger partial charge in [0.15, 0.2) is 17.3 Å². The number of allylic oxidation sites excluding steroid dienone is 3. The van der Waals surface area contributed by atoms with Gasteiger partial charge in [0.2, 0.25) is 5.75 Å². The number of nitrogens with one attached hydrogen (secondary N) is 1. The topological polar surface area (TPSA) is 107 Å². The summed E-state index contributed by atoms with van der Waals surface area (Å²) < 4.78 is 21.8. The van der Waals surface area contributed by atoms with Gasteiger partial charge in [0.1, 0.15) is 0 Å². The Labute approximate surface area is 210 Å². The maximum absolute atomic E-state index is 13.4. The number of ketones is 1. The Morgan fingerprint density at radius 2 is 1.80 bits per heavy atom. The number of carbonyl (C=O) groups excluding carboxylic acids is 2. The predicted molar refractivity (Wildman–Crippen MR) is 133 cm³/mol. The zero-order chi connectivity index (χ0) is 25.9. The van der Waals surface area contributed by atoms with E-state index in [1.54, 1.807) is 26.0 Å². The molecule has 1 aliphatic carbocycles. The van der Waals surface area contributed by atoms with Crippen LogP contribution in [0.2, 0.25) is 0 Å². The van der Waals surface area contributed by atoms with Crippen molar-refractivity contribution < 1.29 is 28.5 Å². The van der Waals surface area contributed by atoms with Crippen LogP contribution in [-0.2, 0) is 14.3 Å². The van der Waals surface area contributed by atoms with Crippen LogP contribution in [0.3, 0.4) is 0 Å². The quantitative estimate of drug-likeness (QED) is 0.518. The molecular weight excluding hydrogens is 468 g/mol. The van der Waals surface area contributed by atoms with Gasteiger partial charge in [-0.1, -0.05) is 25.6 Å². The van der Waals surface area contributed by atoms with Gasteiger partial charge >= 0.3 is 5.97 Å². The number of Topliss-reactive ketones (excluding diaryl/α,β-unsaturated/α-hetero) is 1. The number of nitrogens with zero attached hydrogens (tertiary/aromatic N) is 1. The molecule has 1 heterocycles.